The third-order valence-corrected chi connectivity index (χ3v) is 7.17. The minimum atomic E-state index is -0.942. The van der Waals surface area contributed by atoms with Crippen LogP contribution in [-0.4, -0.2) is 62.6 Å². The van der Waals surface area contributed by atoms with Crippen molar-refractivity contribution in [3.05, 3.63) is 48.0 Å². The number of thioether (sulfide) groups is 1. The lowest BCUT2D eigenvalue weighted by Gasteiger charge is -2.27. The number of esters is 1. The molecule has 1 aliphatic heterocycles. The number of hydrogen-bond donors (Lipinski definition) is 1. The third-order valence-electron chi connectivity index (χ3n) is 5.41. The number of carbonyl (C=O) groups is 3. The molecular formula is C27H37ClN2O5S2. The van der Waals surface area contributed by atoms with Crippen molar-refractivity contribution in [2.75, 3.05) is 11.6 Å². The summed E-state index contributed by atoms with van der Waals surface area (Å²) in [5.74, 6) is -0.0208. The van der Waals surface area contributed by atoms with E-state index in [1.807, 2.05) is 30.3 Å². The summed E-state index contributed by atoms with van der Waals surface area (Å²) in [7, 11) is 0. The van der Waals surface area contributed by atoms with Crippen molar-refractivity contribution in [1.29, 1.82) is 0 Å². The lowest BCUT2D eigenvalue weighted by atomic mass is 10.0. The number of rotatable bonds is 11. The monoisotopic (exact) mass is 568 g/mol. The molecule has 37 heavy (non-hydrogen) atoms. The van der Waals surface area contributed by atoms with Crippen molar-refractivity contribution in [3.63, 3.8) is 0 Å². The first-order chi connectivity index (χ1) is 17.4. The van der Waals surface area contributed by atoms with Crippen molar-refractivity contribution in [1.82, 2.24) is 10.2 Å². The van der Waals surface area contributed by atoms with E-state index in [-0.39, 0.29) is 24.3 Å². The molecule has 0 bridgehead atoms. The Morgan fingerprint density at radius 2 is 1.92 bits per heavy atom. The molecule has 1 aliphatic rings. The van der Waals surface area contributed by atoms with Crippen LogP contribution < -0.4 is 5.32 Å². The van der Waals surface area contributed by atoms with Crippen LogP contribution in [0.1, 0.15) is 53.0 Å². The molecule has 1 saturated heterocycles. The number of ether oxygens (including phenoxy) is 2. The quantitative estimate of drug-likeness (QED) is 0.163. The van der Waals surface area contributed by atoms with Crippen LogP contribution in [0.3, 0.4) is 0 Å². The standard InChI is InChI=1S/C27H37ClN2O5S2/c1-18(2)23(29-25(33)35-27(3,4)5)24(32)34-21(13-9-10-14-28)16-22(31)30-20(17-37-26(30)36)15-19-11-7-6-8-12-19/h6-9,11-13,18,20-21,23H,10,14-17H2,1-5H3,(H,29,33)/t20-,21-,23+/m1/s1. The van der Waals surface area contributed by atoms with Gasteiger partial charge in [0.05, 0.1) is 12.5 Å². The van der Waals surface area contributed by atoms with Gasteiger partial charge >= 0.3 is 12.1 Å². The summed E-state index contributed by atoms with van der Waals surface area (Å²) >= 11 is 12.8. The van der Waals surface area contributed by atoms with E-state index >= 15 is 0 Å². The summed E-state index contributed by atoms with van der Waals surface area (Å²) in [6.45, 7) is 8.81. The van der Waals surface area contributed by atoms with Crippen LogP contribution in [0.4, 0.5) is 4.79 Å². The van der Waals surface area contributed by atoms with Crippen molar-refractivity contribution >= 4 is 57.9 Å². The molecule has 3 atom stereocenters. The molecule has 1 N–H and O–H groups in total. The molecule has 1 heterocycles. The average molecular weight is 569 g/mol. The highest BCUT2D eigenvalue weighted by molar-refractivity contribution is 8.23. The van der Waals surface area contributed by atoms with E-state index in [1.54, 1.807) is 51.7 Å². The number of amides is 2. The number of alkyl halides is 1. The number of carbonyl (C=O) groups excluding carboxylic acids is 3. The van der Waals surface area contributed by atoms with E-state index in [2.05, 4.69) is 5.32 Å². The van der Waals surface area contributed by atoms with Gasteiger partial charge in [-0.2, -0.15) is 0 Å². The summed E-state index contributed by atoms with van der Waals surface area (Å²) in [6, 6.07) is 8.92. The van der Waals surface area contributed by atoms with Crippen LogP contribution in [0, 0.1) is 5.92 Å². The highest BCUT2D eigenvalue weighted by atomic mass is 35.5. The average Bonchev–Trinajstić information content (AvgIpc) is 3.16. The summed E-state index contributed by atoms with van der Waals surface area (Å²) in [5.41, 5.74) is 0.408. The second-order valence-corrected chi connectivity index (χ2v) is 12.2. The van der Waals surface area contributed by atoms with Gasteiger partial charge in [-0.25, -0.2) is 9.59 Å². The third kappa shape index (κ3) is 10.7. The van der Waals surface area contributed by atoms with Crippen molar-refractivity contribution in [2.24, 2.45) is 5.92 Å². The lowest BCUT2D eigenvalue weighted by molar-refractivity contribution is -0.152. The molecule has 204 valence electrons. The van der Waals surface area contributed by atoms with Gasteiger partial charge in [-0.1, -0.05) is 74.2 Å². The first-order valence-electron chi connectivity index (χ1n) is 12.4. The molecule has 0 aromatic heterocycles. The first kappa shape index (κ1) is 31.1. The highest BCUT2D eigenvalue weighted by Crippen LogP contribution is 2.28. The topological polar surface area (TPSA) is 84.9 Å². The number of halogens is 1. The molecule has 1 fully saturated rings. The molecular weight excluding hydrogens is 532 g/mol. The van der Waals surface area contributed by atoms with Crippen molar-refractivity contribution in [2.45, 2.75) is 77.7 Å². The fraction of sp³-hybridized carbons (Fsp3) is 0.556. The van der Waals surface area contributed by atoms with Crippen molar-refractivity contribution < 1.29 is 23.9 Å². The Balaban J connectivity index is 2.13. The Bertz CT molecular complexity index is 965. The molecule has 0 aliphatic carbocycles. The van der Waals surface area contributed by atoms with Gasteiger partial charge in [0.25, 0.3) is 0 Å². The molecule has 7 nitrogen and oxygen atoms in total. The van der Waals surface area contributed by atoms with Gasteiger partial charge in [0.2, 0.25) is 5.91 Å². The van der Waals surface area contributed by atoms with Gasteiger partial charge in [0.15, 0.2) is 0 Å². The van der Waals surface area contributed by atoms with Crippen LogP contribution in [0.5, 0.6) is 0 Å². The largest absolute Gasteiger partial charge is 0.456 e. The lowest BCUT2D eigenvalue weighted by Crippen LogP contribution is -2.48. The van der Waals surface area contributed by atoms with Gasteiger partial charge in [0, 0.05) is 11.6 Å². The SMILES string of the molecule is CC(C)[C@H](NC(=O)OC(C)(C)C)C(=O)O[C@H](C=CCCCl)CC(=O)N1C(=S)SC[C@H]1Cc1ccccc1. The molecule has 10 heteroatoms. The zero-order valence-corrected chi connectivity index (χ0v) is 24.5. The number of alkyl carbamates (subject to hydrolysis) is 1. The highest BCUT2D eigenvalue weighted by Gasteiger charge is 2.36. The molecule has 2 rings (SSSR count). The zero-order chi connectivity index (χ0) is 27.6. The van der Waals surface area contributed by atoms with Crippen molar-refractivity contribution in [3.8, 4) is 0 Å². The van der Waals surface area contributed by atoms with Gasteiger partial charge in [-0.05, 0) is 51.2 Å². The second-order valence-electron chi connectivity index (χ2n) is 10.1. The van der Waals surface area contributed by atoms with Crippen LogP contribution in [0.15, 0.2) is 42.5 Å². The number of nitrogens with zero attached hydrogens (tertiary/aromatic N) is 1. The molecule has 2 amide bonds. The number of allylic oxidation sites excluding steroid dienone is 1. The predicted octanol–water partition coefficient (Wildman–Crippen LogP) is 5.49. The Morgan fingerprint density at radius 3 is 2.51 bits per heavy atom. The molecule has 0 saturated carbocycles. The second kappa shape index (κ2) is 14.7. The molecule has 1 aromatic rings. The molecule has 1 aromatic carbocycles. The summed E-state index contributed by atoms with van der Waals surface area (Å²) in [4.78, 5) is 40.4. The zero-order valence-electron chi connectivity index (χ0n) is 22.1. The number of benzene rings is 1. The molecule has 0 spiro atoms. The first-order valence-corrected chi connectivity index (χ1v) is 14.3. The van der Waals surface area contributed by atoms with E-state index in [0.29, 0.717) is 28.8 Å². The maximum Gasteiger partial charge on any atom is 0.408 e. The van der Waals surface area contributed by atoms with Crippen LogP contribution >= 0.6 is 35.6 Å². The van der Waals surface area contributed by atoms with E-state index in [9.17, 15) is 14.4 Å². The fourth-order valence-corrected chi connectivity index (χ4v) is 5.26. The predicted molar refractivity (Wildman–Crippen MR) is 153 cm³/mol. The number of nitrogens with one attached hydrogen (secondary N) is 1. The Kier molecular flexibility index (Phi) is 12.4. The Labute approximate surface area is 234 Å². The smallest absolute Gasteiger partial charge is 0.408 e. The maximum absolute atomic E-state index is 13.4. The molecule has 0 unspecified atom stereocenters. The summed E-state index contributed by atoms with van der Waals surface area (Å²) in [5, 5.41) is 2.59. The minimum absolute atomic E-state index is 0.0756. The Morgan fingerprint density at radius 1 is 1.24 bits per heavy atom. The minimum Gasteiger partial charge on any atom is -0.456 e. The van der Waals surface area contributed by atoms with Crippen LogP contribution in [-0.2, 0) is 25.5 Å². The number of thiocarbonyl (C=S) groups is 1. The van der Waals surface area contributed by atoms with E-state index in [0.717, 1.165) is 5.56 Å². The normalized spacial score (nSPS) is 17.6. The van der Waals surface area contributed by atoms with E-state index in [4.69, 9.17) is 33.3 Å². The Hall–Kier alpha value is -2.10. The van der Waals surface area contributed by atoms with Crippen LogP contribution in [0.2, 0.25) is 0 Å². The summed E-state index contributed by atoms with van der Waals surface area (Å²) in [6.07, 6.45) is 3.06. The van der Waals surface area contributed by atoms with Gasteiger partial charge in [-0.15, -0.1) is 11.6 Å². The fourth-order valence-electron chi connectivity index (χ4n) is 3.69. The van der Waals surface area contributed by atoms with Gasteiger partial charge in [-0.3, -0.25) is 9.69 Å². The maximum atomic E-state index is 13.4. The number of hydrogen-bond acceptors (Lipinski definition) is 7. The van der Waals surface area contributed by atoms with Gasteiger partial charge in [0.1, 0.15) is 22.1 Å². The van der Waals surface area contributed by atoms with E-state index < -0.39 is 29.8 Å². The van der Waals surface area contributed by atoms with Crippen LogP contribution in [0.25, 0.3) is 0 Å². The summed E-state index contributed by atoms with van der Waals surface area (Å²) < 4.78 is 11.5. The van der Waals surface area contributed by atoms with Gasteiger partial charge < -0.3 is 14.8 Å². The van der Waals surface area contributed by atoms with E-state index in [1.165, 1.54) is 11.8 Å². The molecule has 0 radical (unpaired) electrons.